The van der Waals surface area contributed by atoms with Crippen molar-refractivity contribution >= 4 is 29.9 Å². The van der Waals surface area contributed by atoms with Crippen LogP contribution in [0.1, 0.15) is 58.8 Å². The summed E-state index contributed by atoms with van der Waals surface area (Å²) in [5.74, 6) is 0.840. The van der Waals surface area contributed by atoms with Gasteiger partial charge in [-0.1, -0.05) is 19.8 Å². The van der Waals surface area contributed by atoms with E-state index in [1.807, 2.05) is 0 Å². The number of rotatable bonds is 8. The van der Waals surface area contributed by atoms with Gasteiger partial charge in [0, 0.05) is 38.3 Å². The molecule has 0 bridgehead atoms. The van der Waals surface area contributed by atoms with E-state index in [-0.39, 0.29) is 35.5 Å². The lowest BCUT2D eigenvalue weighted by atomic mass is 9.73. The molecule has 2 fully saturated rings. The first kappa shape index (κ1) is 23.9. The SMILES string of the molecule is CCNC(=NCC1(C)CCCCC1O)NCCCOC1CCOCC1.I. The number of aliphatic hydroxyl groups is 1. The summed E-state index contributed by atoms with van der Waals surface area (Å²) in [5.41, 5.74) is -0.0905. The van der Waals surface area contributed by atoms with Crippen molar-refractivity contribution < 1.29 is 14.6 Å². The van der Waals surface area contributed by atoms with E-state index in [4.69, 9.17) is 14.5 Å². The molecule has 3 N–H and O–H groups in total. The summed E-state index contributed by atoms with van der Waals surface area (Å²) >= 11 is 0. The van der Waals surface area contributed by atoms with Gasteiger partial charge in [0.25, 0.3) is 0 Å². The fourth-order valence-corrected chi connectivity index (χ4v) is 3.54. The molecule has 1 heterocycles. The molecule has 0 aromatic rings. The van der Waals surface area contributed by atoms with Gasteiger partial charge < -0.3 is 25.2 Å². The minimum absolute atomic E-state index is 0. The third kappa shape index (κ3) is 8.27. The normalized spacial score (nSPS) is 27.7. The molecule has 7 heteroatoms. The van der Waals surface area contributed by atoms with Crippen LogP contribution in [0.2, 0.25) is 0 Å². The number of aliphatic imine (C=N–C) groups is 1. The fraction of sp³-hybridized carbons (Fsp3) is 0.947. The average molecular weight is 483 g/mol. The van der Waals surface area contributed by atoms with Crippen molar-refractivity contribution in [3.63, 3.8) is 0 Å². The molecule has 2 unspecified atom stereocenters. The highest BCUT2D eigenvalue weighted by molar-refractivity contribution is 14.0. The van der Waals surface area contributed by atoms with Gasteiger partial charge in [-0.25, -0.2) is 0 Å². The predicted molar refractivity (Wildman–Crippen MR) is 116 cm³/mol. The van der Waals surface area contributed by atoms with Crippen LogP contribution < -0.4 is 10.6 Å². The number of guanidine groups is 1. The van der Waals surface area contributed by atoms with Crippen LogP contribution in [0.25, 0.3) is 0 Å². The molecule has 1 saturated carbocycles. The number of hydrogen-bond acceptors (Lipinski definition) is 4. The zero-order chi connectivity index (χ0) is 18.0. The van der Waals surface area contributed by atoms with Crippen LogP contribution in [-0.2, 0) is 9.47 Å². The molecular formula is C19H38IN3O3. The first-order chi connectivity index (χ1) is 12.1. The second-order valence-electron chi connectivity index (χ2n) is 7.57. The number of nitrogens with zero attached hydrogens (tertiary/aromatic N) is 1. The molecule has 0 radical (unpaired) electrons. The number of hydrogen-bond donors (Lipinski definition) is 3. The zero-order valence-corrected chi connectivity index (χ0v) is 18.8. The van der Waals surface area contributed by atoms with E-state index in [2.05, 4.69) is 24.5 Å². The summed E-state index contributed by atoms with van der Waals surface area (Å²) in [4.78, 5) is 4.72. The highest BCUT2D eigenvalue weighted by Gasteiger charge is 2.35. The van der Waals surface area contributed by atoms with Crippen LogP contribution in [0.15, 0.2) is 4.99 Å². The molecule has 0 aromatic heterocycles. The Morgan fingerprint density at radius 3 is 2.69 bits per heavy atom. The van der Waals surface area contributed by atoms with E-state index in [0.717, 1.165) is 77.4 Å². The summed E-state index contributed by atoms with van der Waals surface area (Å²) in [6.07, 6.45) is 7.39. The molecule has 2 aliphatic rings. The second-order valence-corrected chi connectivity index (χ2v) is 7.57. The van der Waals surface area contributed by atoms with Crippen LogP contribution in [-0.4, -0.2) is 62.7 Å². The van der Waals surface area contributed by atoms with Crippen LogP contribution in [0.4, 0.5) is 0 Å². The monoisotopic (exact) mass is 483 g/mol. The van der Waals surface area contributed by atoms with Gasteiger partial charge in [-0.3, -0.25) is 4.99 Å². The van der Waals surface area contributed by atoms with Crippen molar-refractivity contribution in [2.45, 2.75) is 71.0 Å². The van der Waals surface area contributed by atoms with E-state index >= 15 is 0 Å². The Kier molecular flexibility index (Phi) is 12.1. The zero-order valence-electron chi connectivity index (χ0n) is 16.5. The molecule has 2 rings (SSSR count). The van der Waals surface area contributed by atoms with Crippen LogP contribution in [0.3, 0.4) is 0 Å². The number of ether oxygens (including phenoxy) is 2. The number of nitrogens with one attached hydrogen (secondary N) is 2. The van der Waals surface area contributed by atoms with Crippen LogP contribution in [0, 0.1) is 5.41 Å². The van der Waals surface area contributed by atoms with Crippen molar-refractivity contribution in [3.05, 3.63) is 0 Å². The third-order valence-corrected chi connectivity index (χ3v) is 5.36. The van der Waals surface area contributed by atoms with Gasteiger partial charge in [0.1, 0.15) is 0 Å². The molecule has 1 saturated heterocycles. The van der Waals surface area contributed by atoms with Crippen LogP contribution in [0.5, 0.6) is 0 Å². The minimum atomic E-state index is -0.235. The first-order valence-corrected chi connectivity index (χ1v) is 10.0. The highest BCUT2D eigenvalue weighted by Crippen LogP contribution is 2.36. The summed E-state index contributed by atoms with van der Waals surface area (Å²) in [6, 6.07) is 0. The van der Waals surface area contributed by atoms with Gasteiger partial charge in [-0.15, -0.1) is 24.0 Å². The molecule has 0 amide bonds. The molecule has 6 nitrogen and oxygen atoms in total. The highest BCUT2D eigenvalue weighted by atomic mass is 127. The maximum atomic E-state index is 10.3. The standard InChI is InChI=1S/C19H37N3O3.HI/c1-3-20-18(22-15-19(2)10-5-4-7-17(19)23)21-11-6-12-25-16-8-13-24-14-9-16;/h16-17,23H,3-15H2,1-2H3,(H2,20,21,22);1H. The van der Waals surface area contributed by atoms with Crippen molar-refractivity contribution in [2.75, 3.05) is 39.5 Å². The fourth-order valence-electron chi connectivity index (χ4n) is 3.54. The largest absolute Gasteiger partial charge is 0.392 e. The minimum Gasteiger partial charge on any atom is -0.392 e. The van der Waals surface area contributed by atoms with Crippen molar-refractivity contribution in [3.8, 4) is 0 Å². The average Bonchev–Trinajstić information content (AvgIpc) is 2.63. The Bertz CT molecular complexity index is 405. The van der Waals surface area contributed by atoms with E-state index < -0.39 is 0 Å². The Labute approximate surface area is 175 Å². The molecule has 1 aliphatic heterocycles. The van der Waals surface area contributed by atoms with E-state index in [0.29, 0.717) is 12.6 Å². The Hall–Kier alpha value is -0.120. The van der Waals surface area contributed by atoms with E-state index in [1.54, 1.807) is 0 Å². The first-order valence-electron chi connectivity index (χ1n) is 10.0. The topological polar surface area (TPSA) is 75.1 Å². The Balaban J connectivity index is 0.00000338. The second kappa shape index (κ2) is 13.1. The van der Waals surface area contributed by atoms with E-state index in [1.165, 1.54) is 6.42 Å². The van der Waals surface area contributed by atoms with E-state index in [9.17, 15) is 5.11 Å². The van der Waals surface area contributed by atoms with Crippen molar-refractivity contribution in [1.82, 2.24) is 10.6 Å². The Morgan fingerprint density at radius 2 is 2.00 bits per heavy atom. The maximum absolute atomic E-state index is 10.3. The van der Waals surface area contributed by atoms with Gasteiger partial charge in [-0.2, -0.15) is 0 Å². The lowest BCUT2D eigenvalue weighted by Crippen LogP contribution is -2.42. The van der Waals surface area contributed by atoms with Crippen molar-refractivity contribution in [2.24, 2.45) is 10.4 Å². The van der Waals surface area contributed by atoms with Gasteiger partial charge in [0.2, 0.25) is 0 Å². The molecule has 1 aliphatic carbocycles. The molecule has 2 atom stereocenters. The van der Waals surface area contributed by atoms with Gasteiger partial charge in [-0.05, 0) is 39.0 Å². The lowest BCUT2D eigenvalue weighted by molar-refractivity contribution is -0.0320. The quantitative estimate of drug-likeness (QED) is 0.214. The summed E-state index contributed by atoms with van der Waals surface area (Å²) in [7, 11) is 0. The molecule has 154 valence electrons. The van der Waals surface area contributed by atoms with Crippen molar-refractivity contribution in [1.29, 1.82) is 0 Å². The summed E-state index contributed by atoms with van der Waals surface area (Å²) in [6.45, 7) is 9.00. The summed E-state index contributed by atoms with van der Waals surface area (Å²) in [5, 5.41) is 17.0. The molecular weight excluding hydrogens is 445 g/mol. The number of aliphatic hydroxyl groups excluding tert-OH is 1. The lowest BCUT2D eigenvalue weighted by Gasteiger charge is -2.37. The van der Waals surface area contributed by atoms with Gasteiger partial charge in [0.15, 0.2) is 5.96 Å². The Morgan fingerprint density at radius 1 is 1.23 bits per heavy atom. The third-order valence-electron chi connectivity index (χ3n) is 5.36. The summed E-state index contributed by atoms with van der Waals surface area (Å²) < 4.78 is 11.2. The predicted octanol–water partition coefficient (Wildman–Crippen LogP) is 2.69. The molecule has 26 heavy (non-hydrogen) atoms. The van der Waals surface area contributed by atoms with Gasteiger partial charge in [0.05, 0.1) is 18.8 Å². The molecule has 0 aromatic carbocycles. The number of halogens is 1. The smallest absolute Gasteiger partial charge is 0.191 e. The molecule has 0 spiro atoms. The van der Waals surface area contributed by atoms with Crippen LogP contribution >= 0.6 is 24.0 Å². The van der Waals surface area contributed by atoms with Gasteiger partial charge >= 0.3 is 0 Å². The maximum Gasteiger partial charge on any atom is 0.191 e.